The Kier molecular flexibility index (Phi) is 12.0. The van der Waals surface area contributed by atoms with E-state index in [-0.39, 0.29) is 0 Å². The molecule has 0 aliphatic carbocycles. The Morgan fingerprint density at radius 1 is 0.957 bits per heavy atom. The van der Waals surface area contributed by atoms with Gasteiger partial charge in [-0.25, -0.2) is 0 Å². The second kappa shape index (κ2) is 12.9. The number of rotatable bonds is 4. The number of hydrogen-bond donors (Lipinski definition) is 0. The third-order valence-corrected chi connectivity index (χ3v) is 3.37. The minimum Gasteiger partial charge on any atom is -0.256 e. The van der Waals surface area contributed by atoms with Gasteiger partial charge in [0.1, 0.15) is 0 Å². The molecule has 1 aromatic heterocycles. The van der Waals surface area contributed by atoms with Crippen LogP contribution in [0.2, 0.25) is 0 Å². The Balaban J connectivity index is 0.000000868. The lowest BCUT2D eigenvalue weighted by molar-refractivity contribution is 0.920. The van der Waals surface area contributed by atoms with Gasteiger partial charge in [0, 0.05) is 11.8 Å². The van der Waals surface area contributed by atoms with Gasteiger partial charge in [-0.05, 0) is 48.6 Å². The van der Waals surface area contributed by atoms with Crippen molar-refractivity contribution in [2.75, 3.05) is 0 Å². The third kappa shape index (κ3) is 6.99. The number of benzene rings is 1. The predicted molar refractivity (Wildman–Crippen MR) is 105 cm³/mol. The molecule has 1 aromatic carbocycles. The van der Waals surface area contributed by atoms with Gasteiger partial charge in [-0.1, -0.05) is 72.6 Å². The molecule has 23 heavy (non-hydrogen) atoms. The summed E-state index contributed by atoms with van der Waals surface area (Å²) in [4.78, 5) is 4.57. The van der Waals surface area contributed by atoms with Crippen LogP contribution in [0.25, 0.3) is 11.3 Å². The minimum atomic E-state index is 1.07. The summed E-state index contributed by atoms with van der Waals surface area (Å²) < 4.78 is 0. The van der Waals surface area contributed by atoms with Gasteiger partial charge in [0.25, 0.3) is 0 Å². The fourth-order valence-corrected chi connectivity index (χ4v) is 2.32. The van der Waals surface area contributed by atoms with Gasteiger partial charge in [-0.2, -0.15) is 0 Å². The van der Waals surface area contributed by atoms with Gasteiger partial charge < -0.3 is 0 Å². The number of nitrogens with zero attached hydrogens (tertiary/aromatic N) is 1. The summed E-state index contributed by atoms with van der Waals surface area (Å²) in [6, 6.07) is 11.0. The maximum absolute atomic E-state index is 4.57. The average molecular weight is 314 g/mol. The molecule has 1 heterocycles. The van der Waals surface area contributed by atoms with Crippen LogP contribution in [-0.4, -0.2) is 4.98 Å². The maximum atomic E-state index is 4.57. The van der Waals surface area contributed by atoms with Crippen molar-refractivity contribution in [3.8, 4) is 11.3 Å². The van der Waals surface area contributed by atoms with Crippen LogP contribution in [-0.2, 0) is 12.8 Å². The summed E-state index contributed by atoms with van der Waals surface area (Å²) in [7, 11) is 0. The number of aryl methyl sites for hydroxylation is 3. The van der Waals surface area contributed by atoms with Gasteiger partial charge in [-0.15, -0.1) is 0 Å². The smallest absolute Gasteiger partial charge is 0.0733 e. The van der Waals surface area contributed by atoms with Crippen molar-refractivity contribution < 1.29 is 0 Å². The minimum absolute atomic E-state index is 1.07. The first-order valence-electron chi connectivity index (χ1n) is 9.21. The highest BCUT2D eigenvalue weighted by molar-refractivity contribution is 5.67. The molecule has 1 heteroatoms. The average Bonchev–Trinajstić information content (AvgIpc) is 2.59. The Labute approximate surface area is 144 Å². The van der Waals surface area contributed by atoms with Crippen LogP contribution >= 0.6 is 0 Å². The molecular weight excluding hydrogens is 278 g/mol. The van der Waals surface area contributed by atoms with Crippen LogP contribution in [0.4, 0.5) is 0 Å². The second-order valence-corrected chi connectivity index (χ2v) is 5.47. The molecule has 0 bridgehead atoms. The van der Waals surface area contributed by atoms with Crippen molar-refractivity contribution in [2.24, 2.45) is 0 Å². The van der Waals surface area contributed by atoms with Crippen LogP contribution in [0.5, 0.6) is 0 Å². The molecule has 1 nitrogen and oxygen atoms in total. The molecule has 0 radical (unpaired) electrons. The van der Waals surface area contributed by atoms with E-state index in [2.05, 4.69) is 63.9 Å². The lowest BCUT2D eigenvalue weighted by Crippen LogP contribution is -1.95. The molecule has 0 saturated carbocycles. The van der Waals surface area contributed by atoms with Crippen molar-refractivity contribution in [1.82, 2.24) is 4.98 Å². The van der Waals surface area contributed by atoms with Crippen molar-refractivity contribution in [3.05, 3.63) is 53.2 Å². The molecule has 0 amide bonds. The summed E-state index contributed by atoms with van der Waals surface area (Å²) in [6.45, 7) is 14.8. The normalized spacial score (nSPS) is 9.35. The van der Waals surface area contributed by atoms with E-state index in [9.17, 15) is 0 Å². The quantitative estimate of drug-likeness (QED) is 0.591. The van der Waals surface area contributed by atoms with E-state index in [0.29, 0.717) is 0 Å². The molecule has 2 rings (SSSR count). The molecule has 128 valence electrons. The van der Waals surface area contributed by atoms with Crippen molar-refractivity contribution in [3.63, 3.8) is 0 Å². The zero-order chi connectivity index (χ0) is 17.7. The second-order valence-electron chi connectivity index (χ2n) is 5.47. The van der Waals surface area contributed by atoms with E-state index in [1.54, 1.807) is 0 Å². The largest absolute Gasteiger partial charge is 0.256 e. The molecule has 0 spiro atoms. The van der Waals surface area contributed by atoms with Gasteiger partial charge in [-0.3, -0.25) is 4.98 Å². The standard InChI is InChI=1S/C17H21N.C3H8.C2H6/c1-4-7-15-10-9-14(5-2)12-16(15)17-13(3)8-6-11-18-17;1-3-2;1-2/h6,8-12H,4-5,7H2,1-3H3;3H2,1-2H3;1-2H3. The molecule has 0 aliphatic heterocycles. The summed E-state index contributed by atoms with van der Waals surface area (Å²) in [5.74, 6) is 0. The van der Waals surface area contributed by atoms with E-state index in [4.69, 9.17) is 0 Å². The number of pyridine rings is 1. The summed E-state index contributed by atoms with van der Waals surface area (Å²) in [6.07, 6.45) is 6.50. The Bertz CT molecular complexity index is 543. The topological polar surface area (TPSA) is 12.9 Å². The summed E-state index contributed by atoms with van der Waals surface area (Å²) in [5.41, 5.74) is 6.50. The first kappa shape index (κ1) is 21.4. The van der Waals surface area contributed by atoms with Crippen LogP contribution in [0.1, 0.15) is 71.1 Å². The molecule has 0 N–H and O–H groups in total. The van der Waals surface area contributed by atoms with Gasteiger partial charge in [0.2, 0.25) is 0 Å². The van der Waals surface area contributed by atoms with Gasteiger partial charge in [0.05, 0.1) is 5.69 Å². The Morgan fingerprint density at radius 2 is 1.61 bits per heavy atom. The van der Waals surface area contributed by atoms with Crippen LogP contribution < -0.4 is 0 Å². The monoisotopic (exact) mass is 313 g/mol. The zero-order valence-electron chi connectivity index (χ0n) is 16.2. The fraction of sp³-hybridized carbons (Fsp3) is 0.500. The molecule has 0 fully saturated rings. The highest BCUT2D eigenvalue weighted by atomic mass is 14.7. The first-order chi connectivity index (χ1) is 11.2. The summed E-state index contributed by atoms with van der Waals surface area (Å²) >= 11 is 0. The molecule has 2 aromatic rings. The van der Waals surface area contributed by atoms with E-state index >= 15 is 0 Å². The molecule has 0 unspecified atom stereocenters. The van der Waals surface area contributed by atoms with Crippen LogP contribution in [0, 0.1) is 6.92 Å². The summed E-state index contributed by atoms with van der Waals surface area (Å²) in [5, 5.41) is 0. The van der Waals surface area contributed by atoms with E-state index < -0.39 is 0 Å². The highest BCUT2D eigenvalue weighted by Gasteiger charge is 2.09. The van der Waals surface area contributed by atoms with Crippen LogP contribution in [0.15, 0.2) is 36.5 Å². The lowest BCUT2D eigenvalue weighted by atomic mass is 9.95. The molecule has 0 atom stereocenters. The Hall–Kier alpha value is -1.63. The molecular formula is C22H35N. The van der Waals surface area contributed by atoms with E-state index in [1.807, 2.05) is 26.1 Å². The fourth-order valence-electron chi connectivity index (χ4n) is 2.32. The Morgan fingerprint density at radius 3 is 2.13 bits per heavy atom. The zero-order valence-corrected chi connectivity index (χ0v) is 16.2. The molecule has 0 saturated heterocycles. The van der Waals surface area contributed by atoms with Crippen molar-refractivity contribution in [1.29, 1.82) is 0 Å². The highest BCUT2D eigenvalue weighted by Crippen LogP contribution is 2.27. The maximum Gasteiger partial charge on any atom is 0.0733 e. The number of aromatic nitrogens is 1. The van der Waals surface area contributed by atoms with E-state index in [1.165, 1.54) is 35.1 Å². The first-order valence-corrected chi connectivity index (χ1v) is 9.21. The van der Waals surface area contributed by atoms with Crippen molar-refractivity contribution in [2.45, 2.75) is 74.1 Å². The third-order valence-electron chi connectivity index (χ3n) is 3.37. The van der Waals surface area contributed by atoms with E-state index in [0.717, 1.165) is 18.5 Å². The van der Waals surface area contributed by atoms with Crippen LogP contribution in [0.3, 0.4) is 0 Å². The lowest BCUT2D eigenvalue weighted by Gasteiger charge is -2.12. The molecule has 0 aliphatic rings. The number of hydrogen-bond acceptors (Lipinski definition) is 1. The van der Waals surface area contributed by atoms with Gasteiger partial charge in [0.15, 0.2) is 0 Å². The van der Waals surface area contributed by atoms with Crippen molar-refractivity contribution >= 4 is 0 Å². The predicted octanol–water partition coefficient (Wildman–Crippen LogP) is 7.01. The SMILES string of the molecule is CC.CCC.CCCc1ccc(CC)cc1-c1ncccc1C. The van der Waals surface area contributed by atoms with Gasteiger partial charge >= 0.3 is 0 Å².